The van der Waals surface area contributed by atoms with Gasteiger partial charge in [0.25, 0.3) is 5.91 Å². The summed E-state index contributed by atoms with van der Waals surface area (Å²) in [6.45, 7) is 4.20. The Bertz CT molecular complexity index is 545. The van der Waals surface area contributed by atoms with Gasteiger partial charge in [0.15, 0.2) is 0 Å². The second-order valence-electron chi connectivity index (χ2n) is 5.24. The van der Waals surface area contributed by atoms with Gasteiger partial charge in [0.2, 0.25) is 0 Å². The van der Waals surface area contributed by atoms with Crippen molar-refractivity contribution in [2.75, 3.05) is 6.54 Å². The zero-order valence-corrected chi connectivity index (χ0v) is 12.1. The van der Waals surface area contributed by atoms with Crippen LogP contribution in [0.5, 0.6) is 0 Å². The van der Waals surface area contributed by atoms with Crippen LogP contribution < -0.4 is 5.73 Å². The minimum Gasteiger partial charge on any atom is -0.409 e. The Morgan fingerprint density at radius 3 is 2.65 bits per heavy atom. The summed E-state index contributed by atoms with van der Waals surface area (Å²) in [6.07, 6.45) is 2.40. The smallest absolute Gasteiger partial charge is 0.257 e. The van der Waals surface area contributed by atoms with Crippen molar-refractivity contribution in [3.05, 3.63) is 17.0 Å². The Balaban J connectivity index is 2.19. The Hall–Kier alpha value is -2.05. The Kier molecular flexibility index (Phi) is 3.96. The van der Waals surface area contributed by atoms with E-state index in [2.05, 4.69) is 10.3 Å². The third-order valence-electron chi connectivity index (χ3n) is 3.71. The molecular weight excluding hydrogens is 258 g/mol. The lowest BCUT2D eigenvalue weighted by Gasteiger charge is -2.22. The number of oxime groups is 1. The zero-order valence-electron chi connectivity index (χ0n) is 12.1. The molecule has 1 heterocycles. The van der Waals surface area contributed by atoms with Gasteiger partial charge in [0.05, 0.1) is 11.3 Å². The van der Waals surface area contributed by atoms with Crippen LogP contribution in [0.3, 0.4) is 0 Å². The molecule has 7 nitrogen and oxygen atoms in total. The van der Waals surface area contributed by atoms with E-state index in [9.17, 15) is 4.79 Å². The minimum absolute atomic E-state index is 0.0126. The first-order valence-electron chi connectivity index (χ1n) is 6.73. The number of nitrogens with zero attached hydrogens (tertiary/aromatic N) is 4. The molecule has 0 aromatic carbocycles. The van der Waals surface area contributed by atoms with Crippen LogP contribution in [-0.2, 0) is 7.05 Å². The third-order valence-corrected chi connectivity index (χ3v) is 3.71. The summed E-state index contributed by atoms with van der Waals surface area (Å²) in [5.74, 6) is 0.129. The predicted octanol–water partition coefficient (Wildman–Crippen LogP) is 0.778. The van der Waals surface area contributed by atoms with Crippen molar-refractivity contribution in [3.8, 4) is 0 Å². The van der Waals surface area contributed by atoms with Crippen LogP contribution in [0.25, 0.3) is 0 Å². The first-order chi connectivity index (χ1) is 9.45. The molecule has 0 saturated heterocycles. The lowest BCUT2D eigenvalue weighted by Crippen LogP contribution is -2.36. The van der Waals surface area contributed by atoms with Crippen molar-refractivity contribution in [2.45, 2.75) is 39.2 Å². The van der Waals surface area contributed by atoms with E-state index < -0.39 is 0 Å². The Morgan fingerprint density at radius 1 is 1.55 bits per heavy atom. The molecule has 1 aromatic heterocycles. The Morgan fingerprint density at radius 2 is 2.20 bits per heavy atom. The highest BCUT2D eigenvalue weighted by molar-refractivity contribution is 5.97. The molecule has 1 aromatic rings. The number of aryl methyl sites for hydroxylation is 2. The normalized spacial score (nSPS) is 15.4. The molecule has 1 saturated carbocycles. The minimum atomic E-state index is -0.0126. The average molecular weight is 279 g/mol. The first kappa shape index (κ1) is 14.4. The van der Waals surface area contributed by atoms with Crippen LogP contribution >= 0.6 is 0 Å². The SMILES string of the molecule is Cc1nn(C)c(C)c1C(=O)N(CCC(N)=NO)C1CC1. The molecule has 1 amide bonds. The number of hydrogen-bond donors (Lipinski definition) is 2. The van der Waals surface area contributed by atoms with Gasteiger partial charge in [-0.15, -0.1) is 0 Å². The van der Waals surface area contributed by atoms with Gasteiger partial charge in [-0.25, -0.2) is 0 Å². The van der Waals surface area contributed by atoms with E-state index in [0.717, 1.165) is 24.2 Å². The summed E-state index contributed by atoms with van der Waals surface area (Å²) >= 11 is 0. The molecule has 7 heteroatoms. The fourth-order valence-corrected chi connectivity index (χ4v) is 2.35. The summed E-state index contributed by atoms with van der Waals surface area (Å²) in [7, 11) is 1.83. The lowest BCUT2D eigenvalue weighted by atomic mass is 10.1. The molecule has 0 bridgehead atoms. The van der Waals surface area contributed by atoms with E-state index in [0.29, 0.717) is 18.5 Å². The molecule has 0 aliphatic heterocycles. The van der Waals surface area contributed by atoms with Crippen LogP contribution in [-0.4, -0.2) is 44.2 Å². The van der Waals surface area contributed by atoms with E-state index in [4.69, 9.17) is 10.9 Å². The van der Waals surface area contributed by atoms with Gasteiger partial charge in [-0.2, -0.15) is 5.10 Å². The lowest BCUT2D eigenvalue weighted by molar-refractivity contribution is 0.0746. The topological polar surface area (TPSA) is 96.7 Å². The molecule has 3 N–H and O–H groups in total. The number of amides is 1. The van der Waals surface area contributed by atoms with Crippen LogP contribution in [0, 0.1) is 13.8 Å². The van der Waals surface area contributed by atoms with Crippen molar-refractivity contribution in [2.24, 2.45) is 17.9 Å². The maximum absolute atomic E-state index is 12.7. The van der Waals surface area contributed by atoms with E-state index in [1.165, 1.54) is 0 Å². The van der Waals surface area contributed by atoms with Crippen LogP contribution in [0.2, 0.25) is 0 Å². The van der Waals surface area contributed by atoms with Crippen LogP contribution in [0.1, 0.15) is 41.0 Å². The monoisotopic (exact) mass is 279 g/mol. The molecule has 20 heavy (non-hydrogen) atoms. The van der Waals surface area contributed by atoms with Gasteiger partial charge in [0, 0.05) is 31.7 Å². The van der Waals surface area contributed by atoms with Gasteiger partial charge in [-0.1, -0.05) is 5.16 Å². The van der Waals surface area contributed by atoms with E-state index in [-0.39, 0.29) is 17.8 Å². The average Bonchev–Trinajstić information content (AvgIpc) is 3.19. The molecule has 0 spiro atoms. The maximum Gasteiger partial charge on any atom is 0.257 e. The quantitative estimate of drug-likeness (QED) is 0.360. The van der Waals surface area contributed by atoms with Crippen molar-refractivity contribution in [1.82, 2.24) is 14.7 Å². The summed E-state index contributed by atoms with van der Waals surface area (Å²) in [4.78, 5) is 14.5. The third kappa shape index (κ3) is 2.76. The van der Waals surface area contributed by atoms with Crippen LogP contribution in [0.4, 0.5) is 0 Å². The fraction of sp³-hybridized carbons (Fsp3) is 0.615. The molecule has 0 radical (unpaired) electrons. The second-order valence-corrected chi connectivity index (χ2v) is 5.24. The van der Waals surface area contributed by atoms with E-state index in [1.54, 1.807) is 4.68 Å². The summed E-state index contributed by atoms with van der Waals surface area (Å²) in [5.41, 5.74) is 7.76. The fourth-order valence-electron chi connectivity index (χ4n) is 2.35. The molecule has 110 valence electrons. The number of carbonyl (C=O) groups excluding carboxylic acids is 1. The number of hydrogen-bond acceptors (Lipinski definition) is 4. The molecule has 1 aliphatic carbocycles. The van der Waals surface area contributed by atoms with E-state index >= 15 is 0 Å². The van der Waals surface area contributed by atoms with Gasteiger partial charge in [-0.3, -0.25) is 9.48 Å². The standard InChI is InChI=1S/C13H21N5O2/c1-8-12(9(2)17(3)15-8)13(19)18(10-4-5-10)7-6-11(14)16-20/h10,20H,4-7H2,1-3H3,(H2,14,16). The van der Waals surface area contributed by atoms with Crippen molar-refractivity contribution in [3.63, 3.8) is 0 Å². The van der Waals surface area contributed by atoms with Crippen molar-refractivity contribution >= 4 is 11.7 Å². The molecule has 0 atom stereocenters. The Labute approximate surface area is 118 Å². The second kappa shape index (κ2) is 5.52. The highest BCUT2D eigenvalue weighted by Crippen LogP contribution is 2.29. The zero-order chi connectivity index (χ0) is 14.9. The largest absolute Gasteiger partial charge is 0.409 e. The number of nitrogens with two attached hydrogens (primary N) is 1. The van der Waals surface area contributed by atoms with Crippen molar-refractivity contribution in [1.29, 1.82) is 0 Å². The number of amidine groups is 1. The number of carbonyl (C=O) groups is 1. The molecule has 2 rings (SSSR count). The number of rotatable bonds is 5. The first-order valence-corrected chi connectivity index (χ1v) is 6.73. The number of aromatic nitrogens is 2. The van der Waals surface area contributed by atoms with Gasteiger partial charge < -0.3 is 15.8 Å². The van der Waals surface area contributed by atoms with E-state index in [1.807, 2.05) is 25.8 Å². The molecular formula is C13H21N5O2. The maximum atomic E-state index is 12.7. The molecule has 0 unspecified atom stereocenters. The van der Waals surface area contributed by atoms with Gasteiger partial charge >= 0.3 is 0 Å². The van der Waals surface area contributed by atoms with Crippen LogP contribution in [0.15, 0.2) is 5.16 Å². The highest BCUT2D eigenvalue weighted by atomic mass is 16.4. The highest BCUT2D eigenvalue weighted by Gasteiger charge is 2.34. The van der Waals surface area contributed by atoms with Gasteiger partial charge in [0.1, 0.15) is 5.84 Å². The molecule has 1 aliphatic rings. The van der Waals surface area contributed by atoms with Crippen molar-refractivity contribution < 1.29 is 10.0 Å². The predicted molar refractivity (Wildman–Crippen MR) is 74.8 cm³/mol. The molecule has 1 fully saturated rings. The van der Waals surface area contributed by atoms with Gasteiger partial charge in [-0.05, 0) is 26.7 Å². The summed E-state index contributed by atoms with van der Waals surface area (Å²) in [5, 5.41) is 15.8. The summed E-state index contributed by atoms with van der Waals surface area (Å²) in [6, 6.07) is 0.271. The summed E-state index contributed by atoms with van der Waals surface area (Å²) < 4.78 is 1.72.